The molecule has 0 saturated carbocycles. The highest BCUT2D eigenvalue weighted by atomic mass is 35.5. The molecule has 2 N–H and O–H groups in total. The van der Waals surface area contributed by atoms with Crippen LogP contribution < -0.4 is 0 Å². The van der Waals surface area contributed by atoms with E-state index in [4.69, 9.17) is 23.2 Å². The Labute approximate surface area is 157 Å². The molecule has 2 atom stereocenters. The average molecular weight is 384 g/mol. The lowest BCUT2D eigenvalue weighted by atomic mass is 9.89. The number of aromatic nitrogens is 2. The van der Waals surface area contributed by atoms with E-state index in [-0.39, 0.29) is 5.92 Å². The minimum absolute atomic E-state index is 0.216. The number of hydrogen-bond donors (Lipinski definition) is 2. The van der Waals surface area contributed by atoms with Gasteiger partial charge in [0.2, 0.25) is 0 Å². The van der Waals surface area contributed by atoms with Crippen molar-refractivity contribution in [2.24, 2.45) is 13.0 Å². The van der Waals surface area contributed by atoms with Crippen molar-refractivity contribution >= 4 is 23.2 Å². The van der Waals surface area contributed by atoms with Gasteiger partial charge in [0, 0.05) is 19.8 Å². The summed E-state index contributed by atoms with van der Waals surface area (Å²) in [6.45, 7) is 2.24. The molecule has 7 heteroatoms. The highest BCUT2D eigenvalue weighted by Crippen LogP contribution is 2.31. The van der Waals surface area contributed by atoms with Gasteiger partial charge < -0.3 is 15.1 Å². The van der Waals surface area contributed by atoms with E-state index in [9.17, 15) is 10.2 Å². The molecule has 0 amide bonds. The van der Waals surface area contributed by atoms with Crippen LogP contribution in [0.5, 0.6) is 0 Å². The predicted octanol–water partition coefficient (Wildman–Crippen LogP) is 3.21. The van der Waals surface area contributed by atoms with Crippen LogP contribution in [0.4, 0.5) is 0 Å². The van der Waals surface area contributed by atoms with Crippen LogP contribution in [0.3, 0.4) is 0 Å². The summed E-state index contributed by atoms with van der Waals surface area (Å²) in [5.74, 6) is 0.216. The minimum Gasteiger partial charge on any atom is -0.387 e. The summed E-state index contributed by atoms with van der Waals surface area (Å²) in [6, 6.07) is 7.09. The van der Waals surface area contributed by atoms with Gasteiger partial charge in [-0.25, -0.2) is 0 Å². The van der Waals surface area contributed by atoms with Gasteiger partial charge in [-0.2, -0.15) is 5.10 Å². The first-order chi connectivity index (χ1) is 12.0. The molecule has 2 aromatic rings. The van der Waals surface area contributed by atoms with Crippen LogP contribution in [0.25, 0.3) is 0 Å². The van der Waals surface area contributed by atoms with Gasteiger partial charge in [-0.1, -0.05) is 29.3 Å². The van der Waals surface area contributed by atoms with E-state index in [2.05, 4.69) is 10.00 Å². The third-order valence-corrected chi connectivity index (χ3v) is 5.74. The number of halogens is 2. The van der Waals surface area contributed by atoms with Gasteiger partial charge >= 0.3 is 0 Å². The predicted molar refractivity (Wildman–Crippen MR) is 98.8 cm³/mol. The first-order valence-corrected chi connectivity index (χ1v) is 9.22. The third kappa shape index (κ3) is 4.36. The van der Waals surface area contributed by atoms with Crippen LogP contribution in [0, 0.1) is 5.92 Å². The van der Waals surface area contributed by atoms with Crippen molar-refractivity contribution in [2.45, 2.75) is 25.0 Å². The quantitative estimate of drug-likeness (QED) is 0.831. The second-order valence-electron chi connectivity index (χ2n) is 6.65. The Morgan fingerprint density at radius 2 is 1.88 bits per heavy atom. The largest absolute Gasteiger partial charge is 0.387 e. The Morgan fingerprint density at radius 3 is 2.48 bits per heavy atom. The molecule has 1 aliphatic rings. The number of aryl methyl sites for hydroxylation is 1. The van der Waals surface area contributed by atoms with Gasteiger partial charge in [0.05, 0.1) is 27.9 Å². The zero-order valence-corrected chi connectivity index (χ0v) is 15.7. The number of likely N-dealkylation sites (tertiary alicyclic amines) is 1. The molecular weight excluding hydrogens is 361 g/mol. The first kappa shape index (κ1) is 18.7. The van der Waals surface area contributed by atoms with E-state index in [0.717, 1.165) is 37.2 Å². The summed E-state index contributed by atoms with van der Waals surface area (Å²) < 4.78 is 1.73. The molecule has 1 aromatic carbocycles. The Bertz CT molecular complexity index is 714. The van der Waals surface area contributed by atoms with E-state index < -0.39 is 12.2 Å². The molecule has 5 nitrogen and oxygen atoms in total. The zero-order chi connectivity index (χ0) is 18.0. The molecule has 0 spiro atoms. The zero-order valence-electron chi connectivity index (χ0n) is 14.1. The topological polar surface area (TPSA) is 61.5 Å². The molecule has 2 heterocycles. The lowest BCUT2D eigenvalue weighted by Crippen LogP contribution is -2.38. The fraction of sp³-hybridized carbons (Fsp3) is 0.500. The molecule has 0 aliphatic carbocycles. The van der Waals surface area contributed by atoms with Crippen molar-refractivity contribution in [3.63, 3.8) is 0 Å². The summed E-state index contributed by atoms with van der Waals surface area (Å²) >= 11 is 11.9. The maximum Gasteiger partial charge on any atom is 0.0985 e. The number of piperidine rings is 1. The summed E-state index contributed by atoms with van der Waals surface area (Å²) in [6.07, 6.45) is 2.39. The van der Waals surface area contributed by atoms with Crippen LogP contribution in [0.15, 0.2) is 30.5 Å². The van der Waals surface area contributed by atoms with Crippen molar-refractivity contribution in [1.29, 1.82) is 0 Å². The highest BCUT2D eigenvalue weighted by molar-refractivity contribution is 6.42. The van der Waals surface area contributed by atoms with Crippen molar-refractivity contribution in [3.8, 4) is 0 Å². The number of hydrogen-bond acceptors (Lipinski definition) is 4. The van der Waals surface area contributed by atoms with E-state index in [1.807, 2.05) is 13.1 Å². The van der Waals surface area contributed by atoms with Gasteiger partial charge in [0.15, 0.2) is 0 Å². The molecular formula is C18H23Cl2N3O2. The lowest BCUT2D eigenvalue weighted by Gasteiger charge is -2.35. The van der Waals surface area contributed by atoms with Crippen LogP contribution in [-0.2, 0) is 7.05 Å². The number of aliphatic hydroxyl groups is 2. The summed E-state index contributed by atoms with van der Waals surface area (Å²) in [5.41, 5.74) is 1.63. The van der Waals surface area contributed by atoms with E-state index in [0.29, 0.717) is 16.6 Å². The van der Waals surface area contributed by atoms with Gasteiger partial charge in [-0.3, -0.25) is 4.68 Å². The Kier molecular flexibility index (Phi) is 6.02. The number of rotatable bonds is 5. The number of aliphatic hydroxyl groups excluding tert-OH is 2. The SMILES string of the molecule is Cn1nccc1C(O)C1CCN(C[C@H](O)c2ccc(Cl)c(Cl)c2)CC1. The Hall–Kier alpha value is -1.11. The second kappa shape index (κ2) is 8.06. The number of β-amino-alcohol motifs (C(OH)–C–C–N with tert-alkyl or cyclic N) is 1. The van der Waals surface area contributed by atoms with Crippen LogP contribution in [-0.4, -0.2) is 44.5 Å². The Balaban J connectivity index is 1.53. The molecule has 136 valence electrons. The third-order valence-electron chi connectivity index (χ3n) is 5.00. The van der Waals surface area contributed by atoms with Gasteiger partial charge in [0.1, 0.15) is 0 Å². The van der Waals surface area contributed by atoms with Crippen LogP contribution in [0.1, 0.15) is 36.3 Å². The Morgan fingerprint density at radius 1 is 1.16 bits per heavy atom. The summed E-state index contributed by atoms with van der Waals surface area (Å²) in [4.78, 5) is 2.22. The number of nitrogens with zero attached hydrogens (tertiary/aromatic N) is 3. The molecule has 0 radical (unpaired) electrons. The smallest absolute Gasteiger partial charge is 0.0985 e. The highest BCUT2D eigenvalue weighted by Gasteiger charge is 2.28. The molecule has 3 rings (SSSR count). The first-order valence-electron chi connectivity index (χ1n) is 8.47. The van der Waals surface area contributed by atoms with Crippen LogP contribution >= 0.6 is 23.2 Å². The second-order valence-corrected chi connectivity index (χ2v) is 7.47. The molecule has 1 aliphatic heterocycles. The van der Waals surface area contributed by atoms with E-state index >= 15 is 0 Å². The van der Waals surface area contributed by atoms with Crippen molar-refractivity contribution in [2.75, 3.05) is 19.6 Å². The maximum atomic E-state index is 10.6. The van der Waals surface area contributed by atoms with E-state index in [1.54, 1.807) is 29.1 Å². The van der Waals surface area contributed by atoms with E-state index in [1.165, 1.54) is 0 Å². The lowest BCUT2D eigenvalue weighted by molar-refractivity contribution is 0.0362. The molecule has 0 bridgehead atoms. The summed E-state index contributed by atoms with van der Waals surface area (Å²) in [7, 11) is 1.85. The van der Waals surface area contributed by atoms with Crippen LogP contribution in [0.2, 0.25) is 10.0 Å². The van der Waals surface area contributed by atoms with Gasteiger partial charge in [-0.05, 0) is 55.6 Å². The maximum absolute atomic E-state index is 10.6. The normalized spacial score (nSPS) is 19.1. The van der Waals surface area contributed by atoms with Gasteiger partial charge in [0.25, 0.3) is 0 Å². The molecule has 1 saturated heterocycles. The minimum atomic E-state index is -0.603. The standard InChI is InChI=1S/C18H23Cl2N3O2/c1-22-16(4-7-21-22)18(25)12-5-8-23(9-6-12)11-17(24)13-2-3-14(19)15(20)10-13/h2-4,7,10,12,17-18,24-25H,5-6,8-9,11H2,1H3/t17-,18?/m0/s1. The van der Waals surface area contributed by atoms with Gasteiger partial charge in [-0.15, -0.1) is 0 Å². The van der Waals surface area contributed by atoms with Crippen molar-refractivity contribution < 1.29 is 10.2 Å². The molecule has 1 fully saturated rings. The van der Waals surface area contributed by atoms with Crippen molar-refractivity contribution in [3.05, 3.63) is 51.8 Å². The fourth-order valence-electron chi connectivity index (χ4n) is 3.44. The molecule has 1 unspecified atom stereocenters. The molecule has 25 heavy (non-hydrogen) atoms. The summed E-state index contributed by atoms with van der Waals surface area (Å²) in [5, 5.41) is 26.1. The average Bonchev–Trinajstić information content (AvgIpc) is 3.03. The fourth-order valence-corrected chi connectivity index (χ4v) is 3.74. The van der Waals surface area contributed by atoms with Crippen molar-refractivity contribution in [1.82, 2.24) is 14.7 Å². The monoisotopic (exact) mass is 383 g/mol. The number of benzene rings is 1. The molecule has 1 aromatic heterocycles.